The smallest absolute Gasteiger partial charge is 0.259 e. The van der Waals surface area contributed by atoms with Gasteiger partial charge in [-0.15, -0.1) is 0 Å². The van der Waals surface area contributed by atoms with Gasteiger partial charge in [-0.1, -0.05) is 57.8 Å². The first-order valence-electron chi connectivity index (χ1n) is 13.5. The van der Waals surface area contributed by atoms with Gasteiger partial charge in [-0.2, -0.15) is 0 Å². The molecule has 0 unspecified atom stereocenters. The van der Waals surface area contributed by atoms with E-state index >= 15 is 0 Å². The zero-order chi connectivity index (χ0) is 26.4. The first-order chi connectivity index (χ1) is 17.4. The number of rotatable bonds is 14. The maximum atomic E-state index is 13.0. The summed E-state index contributed by atoms with van der Waals surface area (Å²) >= 11 is 0. The molecule has 1 aromatic carbocycles. The number of allylic oxidation sites excluding steroid dienone is 3. The molecule has 2 rings (SSSR count). The van der Waals surface area contributed by atoms with Crippen molar-refractivity contribution in [3.63, 3.8) is 0 Å². The minimum Gasteiger partial charge on any atom is -0.493 e. The second kappa shape index (κ2) is 15.3. The Hall–Kier alpha value is -2.86. The summed E-state index contributed by atoms with van der Waals surface area (Å²) in [6.45, 7) is 15.1. The van der Waals surface area contributed by atoms with Crippen LogP contribution in [-0.2, 0) is 9.53 Å². The Morgan fingerprint density at radius 1 is 1.06 bits per heavy atom. The number of benzene rings is 1. The van der Waals surface area contributed by atoms with Crippen LogP contribution in [0.25, 0.3) is 0 Å². The van der Waals surface area contributed by atoms with Gasteiger partial charge in [0.25, 0.3) is 11.8 Å². The molecule has 0 radical (unpaired) electrons. The molecule has 0 bridgehead atoms. The number of nitrogens with zero attached hydrogens (tertiary/aromatic N) is 2. The highest BCUT2D eigenvalue weighted by atomic mass is 16.5. The zero-order valence-corrected chi connectivity index (χ0v) is 22.9. The molecule has 1 saturated heterocycles. The van der Waals surface area contributed by atoms with E-state index in [-0.39, 0.29) is 11.8 Å². The second-order valence-electron chi connectivity index (χ2n) is 9.79. The number of ether oxygens (including phenoxy) is 1. The van der Waals surface area contributed by atoms with E-state index in [2.05, 4.69) is 32.8 Å². The summed E-state index contributed by atoms with van der Waals surface area (Å²) in [6, 6.07) is 7.13. The molecule has 6 nitrogen and oxygen atoms in total. The molecule has 1 aliphatic rings. The number of amides is 2. The summed E-state index contributed by atoms with van der Waals surface area (Å²) in [4.78, 5) is 27.9. The average Bonchev–Trinajstić information content (AvgIpc) is 2.89. The van der Waals surface area contributed by atoms with Crippen molar-refractivity contribution in [2.45, 2.75) is 59.3 Å². The van der Waals surface area contributed by atoms with Crippen LogP contribution in [0.4, 0.5) is 5.69 Å². The first-order valence-corrected chi connectivity index (χ1v) is 13.5. The summed E-state index contributed by atoms with van der Waals surface area (Å²) in [5.74, 6) is 0.317. The Bertz CT molecular complexity index is 910. The van der Waals surface area contributed by atoms with Crippen molar-refractivity contribution in [3.05, 3.63) is 66.0 Å². The largest absolute Gasteiger partial charge is 0.493 e. The van der Waals surface area contributed by atoms with Crippen molar-refractivity contribution in [3.8, 4) is 0 Å². The van der Waals surface area contributed by atoms with Gasteiger partial charge in [0.2, 0.25) is 0 Å². The molecule has 0 atom stereocenters. The van der Waals surface area contributed by atoms with Crippen molar-refractivity contribution in [2.75, 3.05) is 51.7 Å². The lowest BCUT2D eigenvalue weighted by atomic mass is 10.1. The van der Waals surface area contributed by atoms with Crippen LogP contribution in [0.1, 0.15) is 69.7 Å². The number of piperazine rings is 1. The highest BCUT2D eigenvalue weighted by Gasteiger charge is 2.29. The SMILES string of the molecule is C=C/C=C(OCCCCCCCC)\C(=C/C)C(=O)Nc1ccc(C(=O)N2CC[N+](C)(CC)CC2)cc1. The lowest BCUT2D eigenvalue weighted by molar-refractivity contribution is -0.911. The molecule has 6 heteroatoms. The number of unbranched alkanes of at least 4 members (excludes halogenated alkanes) is 5. The fourth-order valence-electron chi connectivity index (χ4n) is 4.32. The van der Waals surface area contributed by atoms with Gasteiger partial charge in [0.15, 0.2) is 0 Å². The predicted octanol–water partition coefficient (Wildman–Crippen LogP) is 5.94. The summed E-state index contributed by atoms with van der Waals surface area (Å²) in [5.41, 5.74) is 1.74. The zero-order valence-electron chi connectivity index (χ0n) is 22.9. The maximum Gasteiger partial charge on any atom is 0.259 e. The summed E-state index contributed by atoms with van der Waals surface area (Å²) in [6.07, 6.45) is 12.2. The van der Waals surface area contributed by atoms with Crippen LogP contribution in [0, 0.1) is 0 Å². The highest BCUT2D eigenvalue weighted by Crippen LogP contribution is 2.19. The van der Waals surface area contributed by atoms with Crippen LogP contribution in [0.15, 0.2) is 60.4 Å². The van der Waals surface area contributed by atoms with Gasteiger partial charge in [0.05, 0.1) is 52.0 Å². The monoisotopic (exact) mass is 496 g/mol. The fraction of sp³-hybridized carbons (Fsp3) is 0.533. The Balaban J connectivity index is 1.92. The number of nitrogens with one attached hydrogen (secondary N) is 1. The molecule has 0 aliphatic carbocycles. The quantitative estimate of drug-likeness (QED) is 0.114. The molecule has 1 aromatic rings. The molecular formula is C30H46N3O3+. The Morgan fingerprint density at radius 3 is 2.28 bits per heavy atom. The number of hydrogen-bond acceptors (Lipinski definition) is 3. The van der Waals surface area contributed by atoms with Gasteiger partial charge in [0.1, 0.15) is 5.76 Å². The number of quaternary nitrogens is 1. The van der Waals surface area contributed by atoms with Crippen molar-refractivity contribution < 1.29 is 18.8 Å². The molecule has 198 valence electrons. The molecule has 36 heavy (non-hydrogen) atoms. The lowest BCUT2D eigenvalue weighted by Crippen LogP contribution is -2.58. The minimum absolute atomic E-state index is 0.0451. The van der Waals surface area contributed by atoms with Crippen molar-refractivity contribution in [1.29, 1.82) is 0 Å². The normalized spacial score (nSPS) is 15.9. The van der Waals surface area contributed by atoms with Crippen molar-refractivity contribution >= 4 is 17.5 Å². The van der Waals surface area contributed by atoms with Gasteiger partial charge in [0, 0.05) is 11.3 Å². The van der Waals surface area contributed by atoms with E-state index in [0.717, 1.165) is 50.0 Å². The van der Waals surface area contributed by atoms with E-state index in [9.17, 15) is 9.59 Å². The molecule has 1 heterocycles. The number of carbonyl (C=O) groups excluding carboxylic acids is 2. The number of anilines is 1. The lowest BCUT2D eigenvalue weighted by Gasteiger charge is -2.41. The molecule has 2 amide bonds. The van der Waals surface area contributed by atoms with E-state index in [1.165, 1.54) is 25.7 Å². The molecule has 0 aromatic heterocycles. The summed E-state index contributed by atoms with van der Waals surface area (Å²) < 4.78 is 6.96. The maximum absolute atomic E-state index is 13.0. The van der Waals surface area contributed by atoms with E-state index < -0.39 is 0 Å². The number of carbonyl (C=O) groups is 2. The first kappa shape index (κ1) is 29.4. The van der Waals surface area contributed by atoms with Crippen LogP contribution in [-0.4, -0.2) is 67.6 Å². The standard InChI is InChI=1S/C30H45N3O3/c1-6-10-11-12-13-14-24-36-28(15-7-2)27(8-3)29(34)31-26-18-16-25(17-19-26)30(35)32-20-22-33(5,9-4)23-21-32/h7-8,15-19H,2,6,9-14,20-24H2,1,3-5H3/p+1/b27-8+,28-15+. The van der Waals surface area contributed by atoms with E-state index in [1.807, 2.05) is 11.8 Å². The average molecular weight is 497 g/mol. The summed E-state index contributed by atoms with van der Waals surface area (Å²) in [5, 5.41) is 2.93. The van der Waals surface area contributed by atoms with Crippen molar-refractivity contribution in [2.24, 2.45) is 0 Å². The van der Waals surface area contributed by atoms with E-state index in [1.54, 1.807) is 42.5 Å². The number of likely N-dealkylation sites (N-methyl/N-ethyl adjacent to an activating group) is 1. The number of hydrogen-bond donors (Lipinski definition) is 1. The third-order valence-electron chi connectivity index (χ3n) is 7.08. The van der Waals surface area contributed by atoms with Gasteiger partial charge < -0.3 is 19.4 Å². The molecule has 1 aliphatic heterocycles. The Morgan fingerprint density at radius 2 is 1.69 bits per heavy atom. The van der Waals surface area contributed by atoms with Crippen LogP contribution >= 0.6 is 0 Å². The van der Waals surface area contributed by atoms with Crippen LogP contribution in [0.5, 0.6) is 0 Å². The van der Waals surface area contributed by atoms with Crippen LogP contribution < -0.4 is 5.32 Å². The molecule has 0 spiro atoms. The van der Waals surface area contributed by atoms with Gasteiger partial charge in [-0.3, -0.25) is 9.59 Å². The Kier molecular flexibility index (Phi) is 12.5. The van der Waals surface area contributed by atoms with Gasteiger partial charge >= 0.3 is 0 Å². The van der Waals surface area contributed by atoms with Gasteiger partial charge in [-0.25, -0.2) is 0 Å². The molecular weight excluding hydrogens is 450 g/mol. The Labute approximate surface area is 218 Å². The topological polar surface area (TPSA) is 58.6 Å². The third-order valence-corrected chi connectivity index (χ3v) is 7.08. The van der Waals surface area contributed by atoms with E-state index in [4.69, 9.17) is 4.74 Å². The second-order valence-corrected chi connectivity index (χ2v) is 9.79. The van der Waals surface area contributed by atoms with Gasteiger partial charge in [-0.05, 0) is 50.6 Å². The summed E-state index contributed by atoms with van der Waals surface area (Å²) in [7, 11) is 2.24. The molecule has 1 N–H and O–H groups in total. The highest BCUT2D eigenvalue weighted by molar-refractivity contribution is 6.06. The minimum atomic E-state index is -0.250. The van der Waals surface area contributed by atoms with Crippen LogP contribution in [0.2, 0.25) is 0 Å². The predicted molar refractivity (Wildman–Crippen MR) is 149 cm³/mol. The molecule has 0 saturated carbocycles. The molecule has 1 fully saturated rings. The van der Waals surface area contributed by atoms with Crippen molar-refractivity contribution in [1.82, 2.24) is 4.90 Å². The van der Waals surface area contributed by atoms with E-state index in [0.29, 0.717) is 29.2 Å². The third kappa shape index (κ3) is 8.98. The fourth-order valence-corrected chi connectivity index (χ4v) is 4.32. The van der Waals surface area contributed by atoms with Crippen LogP contribution in [0.3, 0.4) is 0 Å².